The first kappa shape index (κ1) is 49.0. The number of ether oxygens (including phenoxy) is 8. The van der Waals surface area contributed by atoms with Gasteiger partial charge in [-0.3, -0.25) is 4.79 Å². The molecular formula is C39H50O26. The first-order valence-corrected chi connectivity index (χ1v) is 20.1. The summed E-state index contributed by atoms with van der Waals surface area (Å²) in [5.74, 6) is -2.68. The molecular weight excluding hydrogens is 884 g/mol. The van der Waals surface area contributed by atoms with E-state index in [1.807, 2.05) is 0 Å². The minimum Gasteiger partial charge on any atom is -0.508 e. The van der Waals surface area contributed by atoms with Gasteiger partial charge in [0.25, 0.3) is 0 Å². The maximum absolute atomic E-state index is 14.5. The Morgan fingerprint density at radius 2 is 0.938 bits per heavy atom. The summed E-state index contributed by atoms with van der Waals surface area (Å²) >= 11 is 0. The average Bonchev–Trinajstić information content (AvgIpc) is 3.29. The van der Waals surface area contributed by atoms with Gasteiger partial charge in [0.15, 0.2) is 24.4 Å². The highest BCUT2D eigenvalue weighted by atomic mass is 16.8. The highest BCUT2D eigenvalue weighted by molar-refractivity contribution is 5.88. The van der Waals surface area contributed by atoms with Crippen molar-refractivity contribution in [2.75, 3.05) is 26.4 Å². The molecule has 362 valence electrons. The van der Waals surface area contributed by atoms with Crippen LogP contribution in [0.4, 0.5) is 0 Å². The van der Waals surface area contributed by atoms with E-state index >= 15 is 0 Å². The van der Waals surface area contributed by atoms with Gasteiger partial charge in [0.05, 0.1) is 26.4 Å². The third-order valence-electron chi connectivity index (χ3n) is 11.5. The van der Waals surface area contributed by atoms with E-state index in [9.17, 15) is 86.5 Å². The van der Waals surface area contributed by atoms with E-state index in [1.54, 1.807) is 0 Å². The molecule has 2 aromatic carbocycles. The average molecular weight is 935 g/mol. The van der Waals surface area contributed by atoms with Crippen molar-refractivity contribution >= 4 is 11.0 Å². The Morgan fingerprint density at radius 3 is 1.48 bits per heavy atom. The van der Waals surface area contributed by atoms with Gasteiger partial charge in [-0.2, -0.15) is 0 Å². The van der Waals surface area contributed by atoms with Crippen LogP contribution in [0, 0.1) is 0 Å². The number of hydrogen-bond acceptors (Lipinski definition) is 26. The normalized spacial score (nSPS) is 40.2. The van der Waals surface area contributed by atoms with E-state index in [0.717, 1.165) is 12.1 Å². The smallest absolute Gasteiger partial charge is 0.239 e. The number of phenols is 2. The van der Waals surface area contributed by atoms with Crippen LogP contribution >= 0.6 is 0 Å². The molecule has 0 saturated carbocycles. The first-order chi connectivity index (χ1) is 30.9. The quantitative estimate of drug-likeness (QED) is 0.0757. The van der Waals surface area contributed by atoms with Gasteiger partial charge in [0, 0.05) is 17.7 Å². The third kappa shape index (κ3) is 9.49. The van der Waals surface area contributed by atoms with E-state index in [1.165, 1.54) is 24.3 Å². The minimum absolute atomic E-state index is 0.00983. The molecule has 26 heteroatoms. The van der Waals surface area contributed by atoms with Gasteiger partial charge in [-0.25, -0.2) is 0 Å². The molecule has 3 aromatic rings. The fraction of sp³-hybridized carbons (Fsp3) is 0.615. The van der Waals surface area contributed by atoms with Crippen LogP contribution in [-0.4, -0.2) is 231 Å². The van der Waals surface area contributed by atoms with Crippen molar-refractivity contribution in [2.24, 2.45) is 0 Å². The fourth-order valence-corrected chi connectivity index (χ4v) is 7.75. The number of benzene rings is 2. The monoisotopic (exact) mass is 934 g/mol. The molecule has 0 spiro atoms. The van der Waals surface area contributed by atoms with Crippen molar-refractivity contribution in [3.05, 3.63) is 46.6 Å². The zero-order valence-corrected chi connectivity index (χ0v) is 33.6. The molecule has 4 aliphatic heterocycles. The Hall–Kier alpha value is -3.95. The van der Waals surface area contributed by atoms with Crippen LogP contribution < -0.4 is 14.9 Å². The number of aliphatic hydroxyl groups excluding tert-OH is 14. The molecule has 0 amide bonds. The van der Waals surface area contributed by atoms with Crippen LogP contribution in [0.3, 0.4) is 0 Å². The van der Waals surface area contributed by atoms with E-state index < -0.39 is 183 Å². The Morgan fingerprint density at radius 1 is 0.492 bits per heavy atom. The summed E-state index contributed by atoms with van der Waals surface area (Å²) in [6.07, 6.45) is -37.7. The molecule has 20 atom stereocenters. The Labute approximate surface area is 364 Å². The summed E-state index contributed by atoms with van der Waals surface area (Å²) in [5.41, 5.74) is -1.57. The first-order valence-electron chi connectivity index (χ1n) is 20.1. The zero-order valence-electron chi connectivity index (χ0n) is 33.6. The van der Waals surface area contributed by atoms with Crippen LogP contribution in [0.2, 0.25) is 0 Å². The van der Waals surface area contributed by atoms with E-state index in [2.05, 4.69) is 0 Å². The number of aromatic hydroxyl groups is 2. The fourth-order valence-electron chi connectivity index (χ4n) is 7.75. The second kappa shape index (κ2) is 20.1. The van der Waals surface area contributed by atoms with E-state index in [4.69, 9.17) is 42.3 Å². The lowest BCUT2D eigenvalue weighted by Crippen LogP contribution is -2.67. The summed E-state index contributed by atoms with van der Waals surface area (Å²) in [4.78, 5) is 14.5. The van der Waals surface area contributed by atoms with Crippen LogP contribution in [0.15, 0.2) is 45.6 Å². The lowest BCUT2D eigenvalue weighted by atomic mass is 9.96. The maximum Gasteiger partial charge on any atom is 0.239 e. The van der Waals surface area contributed by atoms with Crippen molar-refractivity contribution in [2.45, 2.75) is 123 Å². The number of fused-ring (bicyclic) bond motifs is 1. The maximum atomic E-state index is 14.5. The number of aliphatic hydroxyl groups is 14. The van der Waals surface area contributed by atoms with E-state index in [-0.39, 0.29) is 17.1 Å². The molecule has 4 aliphatic rings. The predicted octanol–water partition coefficient (Wildman–Crippen LogP) is -7.12. The Bertz CT molecular complexity index is 2120. The molecule has 1 aromatic heterocycles. The summed E-state index contributed by atoms with van der Waals surface area (Å²) in [5, 5.41) is 167. The van der Waals surface area contributed by atoms with E-state index in [0.29, 0.717) is 0 Å². The van der Waals surface area contributed by atoms with Gasteiger partial charge in [-0.1, -0.05) is 0 Å². The number of phenolic OH excluding ortho intramolecular Hbond substituents is 2. The summed E-state index contributed by atoms with van der Waals surface area (Å²) in [6.45, 7) is -3.61. The molecule has 16 N–H and O–H groups in total. The highest BCUT2D eigenvalue weighted by Gasteiger charge is 2.55. The molecule has 7 rings (SSSR count). The molecule has 0 bridgehead atoms. The minimum atomic E-state index is -2.15. The van der Waals surface area contributed by atoms with Crippen LogP contribution in [-0.2, 0) is 28.4 Å². The second-order valence-corrected chi connectivity index (χ2v) is 15.7. The molecule has 0 aliphatic carbocycles. The predicted molar refractivity (Wildman–Crippen MR) is 205 cm³/mol. The topological polar surface area (TPSA) is 428 Å². The SMILES string of the molecule is O=c1c(O[C@@H]2O[C@@H](CO)[C@@H](O)[C@H](O)[C@H]2O[C@@H]2O[C@H](CO)[C@@H](O)[C@H](O)[C@H]2O[C@@H]2O[C@H](CO)[C@@H](O)[C@H](O)[C@H]2O)c(-c2ccc(O)cc2)oc2cc(O[C@@H]3O[C@@H](CO)[C@@H](O)[C@H](O)[C@@H]3O)cc(O)c12. The van der Waals surface area contributed by atoms with Crippen molar-refractivity contribution in [1.29, 1.82) is 0 Å². The van der Waals surface area contributed by atoms with Gasteiger partial charge in [0.1, 0.15) is 120 Å². The van der Waals surface area contributed by atoms with Crippen molar-refractivity contribution < 1.29 is 124 Å². The largest absolute Gasteiger partial charge is 0.508 e. The molecule has 0 radical (unpaired) electrons. The second-order valence-electron chi connectivity index (χ2n) is 15.7. The summed E-state index contributed by atoms with van der Waals surface area (Å²) < 4.78 is 51.6. The molecule has 26 nitrogen and oxygen atoms in total. The summed E-state index contributed by atoms with van der Waals surface area (Å²) in [6, 6.07) is 6.86. The Kier molecular flexibility index (Phi) is 15.1. The van der Waals surface area contributed by atoms with Gasteiger partial charge in [0.2, 0.25) is 23.8 Å². The van der Waals surface area contributed by atoms with Crippen molar-refractivity contribution in [3.8, 4) is 34.3 Å². The van der Waals surface area contributed by atoms with Gasteiger partial charge in [-0.05, 0) is 24.3 Å². The van der Waals surface area contributed by atoms with Crippen LogP contribution in [0.1, 0.15) is 0 Å². The lowest BCUT2D eigenvalue weighted by Gasteiger charge is -2.48. The third-order valence-corrected chi connectivity index (χ3v) is 11.5. The van der Waals surface area contributed by atoms with Crippen molar-refractivity contribution in [3.63, 3.8) is 0 Å². The molecule has 65 heavy (non-hydrogen) atoms. The van der Waals surface area contributed by atoms with Gasteiger partial charge in [-0.15, -0.1) is 0 Å². The number of hydrogen-bond donors (Lipinski definition) is 16. The van der Waals surface area contributed by atoms with Crippen LogP contribution in [0.5, 0.6) is 23.0 Å². The van der Waals surface area contributed by atoms with Gasteiger partial charge >= 0.3 is 0 Å². The summed E-state index contributed by atoms with van der Waals surface area (Å²) in [7, 11) is 0. The highest BCUT2D eigenvalue weighted by Crippen LogP contribution is 2.40. The van der Waals surface area contributed by atoms with Gasteiger partial charge < -0.3 is 124 Å². The molecule has 5 heterocycles. The number of rotatable bonds is 13. The zero-order chi connectivity index (χ0) is 47.2. The van der Waals surface area contributed by atoms with Crippen LogP contribution in [0.25, 0.3) is 22.3 Å². The molecule has 0 unspecified atom stereocenters. The van der Waals surface area contributed by atoms with Crippen molar-refractivity contribution in [1.82, 2.24) is 0 Å². The Balaban J connectivity index is 1.27. The standard InChI is InChI=1S/C39H50O26/c40-7-16-21(46)26(51)30(55)36(59-16)57-13-5-14(45)20-15(6-13)58-32(11-1-3-12(44)4-2-11)33(25(20)50)63-38-35(29(54)24(49)18(9-42)61-38)65-39-34(28(53)23(48)19(10-43)62-39)64-37-31(56)27(52)22(47)17(8-41)60-37/h1-6,16-19,21-24,26-31,34-49,51-56H,7-10H2/t16-,17+,18-,19+,21+,22+,23+,24+,26-,27-,28-,29-,30-,31+,34+,35+,36+,37-,38-,39-/m0/s1. The molecule has 4 fully saturated rings. The molecule has 4 saturated heterocycles. The lowest BCUT2D eigenvalue weighted by molar-refractivity contribution is -0.389.